The van der Waals surface area contributed by atoms with Gasteiger partial charge in [-0.1, -0.05) is 48.9 Å². The van der Waals surface area contributed by atoms with Crippen molar-refractivity contribution in [3.63, 3.8) is 0 Å². The molecule has 17 heavy (non-hydrogen) atoms. The van der Waals surface area contributed by atoms with Gasteiger partial charge in [0.25, 0.3) is 0 Å². The molecule has 0 aliphatic carbocycles. The van der Waals surface area contributed by atoms with Crippen LogP contribution in [0.4, 0.5) is 5.13 Å². The SMILES string of the molecule is CC(CCNc1nc(Cl)cs1)c1ccccc1. The highest BCUT2D eigenvalue weighted by atomic mass is 35.5. The number of aromatic nitrogens is 1. The Morgan fingerprint density at radius 1 is 1.35 bits per heavy atom. The average molecular weight is 267 g/mol. The quantitative estimate of drug-likeness (QED) is 0.868. The molecule has 0 bridgehead atoms. The van der Waals surface area contributed by atoms with Crippen molar-refractivity contribution in [2.75, 3.05) is 11.9 Å². The molecule has 1 atom stereocenters. The molecule has 0 amide bonds. The number of hydrogen-bond acceptors (Lipinski definition) is 3. The minimum absolute atomic E-state index is 0.555. The summed E-state index contributed by atoms with van der Waals surface area (Å²) in [5.41, 5.74) is 1.38. The monoisotopic (exact) mass is 266 g/mol. The van der Waals surface area contributed by atoms with Crippen LogP contribution >= 0.6 is 22.9 Å². The highest BCUT2D eigenvalue weighted by molar-refractivity contribution is 7.14. The zero-order valence-electron chi connectivity index (χ0n) is 9.69. The van der Waals surface area contributed by atoms with Gasteiger partial charge in [-0.2, -0.15) is 0 Å². The number of halogens is 1. The van der Waals surface area contributed by atoms with Crippen molar-refractivity contribution in [3.8, 4) is 0 Å². The van der Waals surface area contributed by atoms with E-state index in [1.54, 1.807) is 11.3 Å². The number of nitrogens with zero attached hydrogens (tertiary/aromatic N) is 1. The number of anilines is 1. The van der Waals surface area contributed by atoms with Gasteiger partial charge in [0.2, 0.25) is 0 Å². The zero-order valence-corrected chi connectivity index (χ0v) is 11.3. The van der Waals surface area contributed by atoms with Crippen LogP contribution in [-0.2, 0) is 0 Å². The van der Waals surface area contributed by atoms with Crippen LogP contribution in [0.3, 0.4) is 0 Å². The minimum atomic E-state index is 0.555. The van der Waals surface area contributed by atoms with Crippen LogP contribution in [0, 0.1) is 0 Å². The van der Waals surface area contributed by atoms with Crippen molar-refractivity contribution in [3.05, 3.63) is 46.4 Å². The fraction of sp³-hybridized carbons (Fsp3) is 0.308. The molecule has 0 aliphatic heterocycles. The summed E-state index contributed by atoms with van der Waals surface area (Å²) >= 11 is 7.30. The van der Waals surface area contributed by atoms with E-state index in [0.29, 0.717) is 11.1 Å². The molecule has 2 nitrogen and oxygen atoms in total. The van der Waals surface area contributed by atoms with Gasteiger partial charge < -0.3 is 5.32 Å². The van der Waals surface area contributed by atoms with Crippen LogP contribution in [0.2, 0.25) is 5.15 Å². The van der Waals surface area contributed by atoms with E-state index in [-0.39, 0.29) is 0 Å². The summed E-state index contributed by atoms with van der Waals surface area (Å²) in [5.74, 6) is 0.555. The summed E-state index contributed by atoms with van der Waals surface area (Å²) in [6.07, 6.45) is 1.08. The summed E-state index contributed by atoms with van der Waals surface area (Å²) in [4.78, 5) is 4.15. The fourth-order valence-corrected chi connectivity index (χ4v) is 2.55. The Balaban J connectivity index is 1.79. The molecule has 4 heteroatoms. The molecule has 1 heterocycles. The molecular weight excluding hydrogens is 252 g/mol. The van der Waals surface area contributed by atoms with Gasteiger partial charge in [0, 0.05) is 11.9 Å². The molecule has 0 aliphatic rings. The zero-order chi connectivity index (χ0) is 12.1. The van der Waals surface area contributed by atoms with Crippen molar-refractivity contribution in [2.24, 2.45) is 0 Å². The van der Waals surface area contributed by atoms with Crippen molar-refractivity contribution >= 4 is 28.1 Å². The minimum Gasteiger partial charge on any atom is -0.361 e. The van der Waals surface area contributed by atoms with Gasteiger partial charge in [-0.05, 0) is 17.9 Å². The maximum Gasteiger partial charge on any atom is 0.184 e. The van der Waals surface area contributed by atoms with Crippen LogP contribution in [0.5, 0.6) is 0 Å². The largest absolute Gasteiger partial charge is 0.361 e. The molecule has 0 saturated heterocycles. The molecule has 2 aromatic rings. The highest BCUT2D eigenvalue weighted by Gasteiger charge is 2.05. The molecular formula is C13H15ClN2S. The van der Waals surface area contributed by atoms with Crippen molar-refractivity contribution in [1.29, 1.82) is 0 Å². The third-order valence-corrected chi connectivity index (χ3v) is 3.82. The first-order chi connectivity index (χ1) is 8.25. The van der Waals surface area contributed by atoms with Crippen LogP contribution < -0.4 is 5.32 Å². The van der Waals surface area contributed by atoms with Crippen molar-refractivity contribution in [1.82, 2.24) is 4.98 Å². The van der Waals surface area contributed by atoms with Crippen molar-refractivity contribution in [2.45, 2.75) is 19.3 Å². The lowest BCUT2D eigenvalue weighted by Gasteiger charge is -2.11. The molecule has 1 N–H and O–H groups in total. The molecule has 1 aromatic carbocycles. The summed E-state index contributed by atoms with van der Waals surface area (Å²) in [5, 5.41) is 6.59. The lowest BCUT2D eigenvalue weighted by atomic mass is 9.98. The molecule has 1 aromatic heterocycles. The van der Waals surface area contributed by atoms with Gasteiger partial charge in [-0.25, -0.2) is 4.98 Å². The van der Waals surface area contributed by atoms with E-state index in [4.69, 9.17) is 11.6 Å². The van der Waals surface area contributed by atoms with E-state index < -0.39 is 0 Å². The summed E-state index contributed by atoms with van der Waals surface area (Å²) in [7, 11) is 0. The third-order valence-electron chi connectivity index (χ3n) is 2.70. The number of nitrogens with one attached hydrogen (secondary N) is 1. The standard InChI is InChI=1S/C13H15ClN2S/c1-10(11-5-3-2-4-6-11)7-8-15-13-16-12(14)9-17-13/h2-6,9-10H,7-8H2,1H3,(H,15,16). The predicted octanol–water partition coefficient (Wildman–Crippen LogP) is 4.40. The summed E-state index contributed by atoms with van der Waals surface area (Å²) < 4.78 is 0. The maximum absolute atomic E-state index is 5.76. The van der Waals surface area contributed by atoms with Gasteiger partial charge in [-0.3, -0.25) is 0 Å². The molecule has 90 valence electrons. The fourth-order valence-electron chi connectivity index (χ4n) is 1.68. The Morgan fingerprint density at radius 2 is 2.12 bits per heavy atom. The molecule has 0 saturated carbocycles. The Kier molecular flexibility index (Phi) is 4.40. The van der Waals surface area contributed by atoms with Gasteiger partial charge >= 0.3 is 0 Å². The second-order valence-electron chi connectivity index (χ2n) is 4.00. The Morgan fingerprint density at radius 3 is 2.76 bits per heavy atom. The number of benzene rings is 1. The van der Waals surface area contributed by atoms with Gasteiger partial charge in [0.15, 0.2) is 5.13 Å². The normalized spacial score (nSPS) is 12.4. The summed E-state index contributed by atoms with van der Waals surface area (Å²) in [6, 6.07) is 10.6. The topological polar surface area (TPSA) is 24.9 Å². The number of thiazole rings is 1. The first-order valence-electron chi connectivity index (χ1n) is 5.65. The number of rotatable bonds is 5. The predicted molar refractivity (Wildman–Crippen MR) is 75.1 cm³/mol. The molecule has 0 fully saturated rings. The summed E-state index contributed by atoms with van der Waals surface area (Å²) in [6.45, 7) is 3.16. The van der Waals surface area contributed by atoms with Gasteiger partial charge in [-0.15, -0.1) is 11.3 Å². The van der Waals surface area contributed by atoms with E-state index in [1.807, 2.05) is 11.4 Å². The van der Waals surface area contributed by atoms with E-state index >= 15 is 0 Å². The van der Waals surface area contributed by atoms with E-state index in [0.717, 1.165) is 18.1 Å². The van der Waals surface area contributed by atoms with E-state index in [1.165, 1.54) is 5.56 Å². The Bertz CT molecular complexity index is 455. The third kappa shape index (κ3) is 3.72. The van der Waals surface area contributed by atoms with Gasteiger partial charge in [0.1, 0.15) is 5.15 Å². The molecule has 2 rings (SSSR count). The smallest absolute Gasteiger partial charge is 0.184 e. The second-order valence-corrected chi connectivity index (χ2v) is 5.25. The van der Waals surface area contributed by atoms with E-state index in [9.17, 15) is 0 Å². The first-order valence-corrected chi connectivity index (χ1v) is 6.91. The highest BCUT2D eigenvalue weighted by Crippen LogP contribution is 2.21. The van der Waals surface area contributed by atoms with Crippen LogP contribution in [0.1, 0.15) is 24.8 Å². The maximum atomic E-state index is 5.76. The first kappa shape index (κ1) is 12.4. The molecule has 0 radical (unpaired) electrons. The van der Waals surface area contributed by atoms with Crippen LogP contribution in [0.15, 0.2) is 35.7 Å². The molecule has 1 unspecified atom stereocenters. The lowest BCUT2D eigenvalue weighted by Crippen LogP contribution is -2.05. The molecule has 0 spiro atoms. The van der Waals surface area contributed by atoms with Crippen LogP contribution in [-0.4, -0.2) is 11.5 Å². The van der Waals surface area contributed by atoms with E-state index in [2.05, 4.69) is 41.5 Å². The van der Waals surface area contributed by atoms with Crippen molar-refractivity contribution < 1.29 is 0 Å². The lowest BCUT2D eigenvalue weighted by molar-refractivity contribution is 0.706. The van der Waals surface area contributed by atoms with Crippen LogP contribution in [0.25, 0.3) is 0 Å². The average Bonchev–Trinajstić information content (AvgIpc) is 2.76. The second kappa shape index (κ2) is 6.03. The Labute approximate surface area is 111 Å². The van der Waals surface area contributed by atoms with Gasteiger partial charge in [0.05, 0.1) is 0 Å². The number of hydrogen-bond donors (Lipinski definition) is 1. The Hall–Kier alpha value is -1.06.